The number of pyridine rings is 1. The summed E-state index contributed by atoms with van der Waals surface area (Å²) >= 11 is 0. The van der Waals surface area contributed by atoms with E-state index in [4.69, 9.17) is 9.26 Å². The van der Waals surface area contributed by atoms with Crippen molar-refractivity contribution in [1.29, 1.82) is 0 Å². The molecule has 0 aromatic carbocycles. The highest BCUT2D eigenvalue weighted by atomic mass is 16.5. The quantitative estimate of drug-likeness (QED) is 0.832. The molecule has 0 unspecified atom stereocenters. The monoisotopic (exact) mass is 346 g/mol. The van der Waals surface area contributed by atoms with Gasteiger partial charge in [0, 0.05) is 25.3 Å². The van der Waals surface area contributed by atoms with E-state index in [-0.39, 0.29) is 17.2 Å². The van der Waals surface area contributed by atoms with Crippen molar-refractivity contribution in [2.24, 2.45) is 5.41 Å². The highest BCUT2D eigenvalue weighted by Gasteiger charge is 2.32. The Morgan fingerprint density at radius 1 is 1.44 bits per heavy atom. The lowest BCUT2D eigenvalue weighted by Crippen LogP contribution is -2.47. The molecular formula is C18H26N4O3. The van der Waals surface area contributed by atoms with Crippen molar-refractivity contribution < 1.29 is 14.1 Å². The number of rotatable bonds is 6. The fourth-order valence-corrected chi connectivity index (χ4v) is 3.40. The third-order valence-electron chi connectivity index (χ3n) is 4.91. The molecule has 2 aromatic heterocycles. The average molecular weight is 346 g/mol. The van der Waals surface area contributed by atoms with E-state index in [1.807, 2.05) is 19.9 Å². The van der Waals surface area contributed by atoms with Crippen molar-refractivity contribution in [3.63, 3.8) is 0 Å². The lowest BCUT2D eigenvalue weighted by molar-refractivity contribution is 0.0511. The first-order valence-electron chi connectivity index (χ1n) is 8.78. The van der Waals surface area contributed by atoms with Gasteiger partial charge in [-0.2, -0.15) is 0 Å². The predicted octanol–water partition coefficient (Wildman–Crippen LogP) is 2.09. The molecule has 136 valence electrons. The van der Waals surface area contributed by atoms with E-state index in [2.05, 4.69) is 20.8 Å². The highest BCUT2D eigenvalue weighted by molar-refractivity contribution is 5.97. The second kappa shape index (κ2) is 7.49. The van der Waals surface area contributed by atoms with Crippen LogP contribution < -0.4 is 10.6 Å². The van der Waals surface area contributed by atoms with Gasteiger partial charge in [0.1, 0.15) is 0 Å². The molecule has 2 N–H and O–H groups in total. The zero-order valence-corrected chi connectivity index (χ0v) is 15.1. The number of carbonyl (C=O) groups is 1. The van der Waals surface area contributed by atoms with E-state index >= 15 is 0 Å². The molecule has 0 atom stereocenters. The molecule has 0 spiro atoms. The lowest BCUT2D eigenvalue weighted by atomic mass is 9.79. The predicted molar refractivity (Wildman–Crippen MR) is 94.6 cm³/mol. The van der Waals surface area contributed by atoms with Crippen molar-refractivity contribution in [2.45, 2.75) is 32.6 Å². The van der Waals surface area contributed by atoms with Gasteiger partial charge >= 0.3 is 0 Å². The van der Waals surface area contributed by atoms with Crippen LogP contribution in [0.4, 0.5) is 0 Å². The molecule has 3 heterocycles. The van der Waals surface area contributed by atoms with Gasteiger partial charge in [-0.15, -0.1) is 0 Å². The molecule has 0 radical (unpaired) electrons. The van der Waals surface area contributed by atoms with E-state index in [1.165, 1.54) is 0 Å². The maximum atomic E-state index is 12.6. The summed E-state index contributed by atoms with van der Waals surface area (Å²) in [6.45, 7) is 7.22. The Labute approximate surface area is 147 Å². The van der Waals surface area contributed by atoms with Gasteiger partial charge < -0.3 is 19.9 Å². The van der Waals surface area contributed by atoms with Crippen molar-refractivity contribution in [3.8, 4) is 0 Å². The minimum Gasteiger partial charge on any atom is -0.384 e. The Kier molecular flexibility index (Phi) is 5.34. The van der Waals surface area contributed by atoms with Gasteiger partial charge in [0.05, 0.1) is 23.3 Å². The molecule has 1 fully saturated rings. The van der Waals surface area contributed by atoms with Crippen LogP contribution in [0.1, 0.15) is 48.7 Å². The standard InChI is InChI=1S/C18H26N4O3/c1-12(2)15-14-8-13(9-20-17(14)25-22-15)16(23)21-10-18(11-24-3)4-6-19-7-5-18/h8-9,12,19H,4-7,10-11H2,1-3H3,(H,21,23). The number of nitrogens with zero attached hydrogens (tertiary/aromatic N) is 2. The molecule has 7 nitrogen and oxygen atoms in total. The van der Waals surface area contributed by atoms with Crippen LogP contribution in [0.2, 0.25) is 0 Å². The zero-order valence-electron chi connectivity index (χ0n) is 15.1. The van der Waals surface area contributed by atoms with Crippen molar-refractivity contribution >= 4 is 17.0 Å². The molecule has 25 heavy (non-hydrogen) atoms. The third-order valence-corrected chi connectivity index (χ3v) is 4.91. The van der Waals surface area contributed by atoms with Gasteiger partial charge in [-0.05, 0) is 37.9 Å². The minimum absolute atomic E-state index is 0.00647. The Morgan fingerprint density at radius 3 is 2.88 bits per heavy atom. The van der Waals surface area contributed by atoms with E-state index in [9.17, 15) is 4.79 Å². The molecule has 7 heteroatoms. The van der Waals surface area contributed by atoms with Gasteiger partial charge in [-0.25, -0.2) is 4.98 Å². The highest BCUT2D eigenvalue weighted by Crippen LogP contribution is 2.28. The molecule has 1 aliphatic heterocycles. The maximum absolute atomic E-state index is 12.6. The van der Waals surface area contributed by atoms with E-state index in [0.717, 1.165) is 37.0 Å². The van der Waals surface area contributed by atoms with Gasteiger partial charge in [0.25, 0.3) is 11.6 Å². The van der Waals surface area contributed by atoms with Gasteiger partial charge in [-0.3, -0.25) is 4.79 Å². The largest absolute Gasteiger partial charge is 0.384 e. The number of amides is 1. The summed E-state index contributed by atoms with van der Waals surface area (Å²) in [6.07, 6.45) is 3.52. The topological polar surface area (TPSA) is 89.3 Å². The molecule has 1 aliphatic rings. The van der Waals surface area contributed by atoms with Crippen molar-refractivity contribution in [3.05, 3.63) is 23.5 Å². The van der Waals surface area contributed by atoms with Crippen LogP contribution in [-0.4, -0.2) is 49.4 Å². The van der Waals surface area contributed by atoms with Crippen LogP contribution in [0.5, 0.6) is 0 Å². The van der Waals surface area contributed by atoms with Crippen LogP contribution in [0, 0.1) is 5.41 Å². The molecule has 1 amide bonds. The first kappa shape index (κ1) is 17.8. The second-order valence-corrected chi connectivity index (χ2v) is 7.16. The lowest BCUT2D eigenvalue weighted by Gasteiger charge is -2.37. The number of hydrogen-bond donors (Lipinski definition) is 2. The van der Waals surface area contributed by atoms with E-state index < -0.39 is 0 Å². The molecule has 2 aromatic rings. The number of piperidine rings is 1. The summed E-state index contributed by atoms with van der Waals surface area (Å²) < 4.78 is 10.6. The van der Waals surface area contributed by atoms with Crippen molar-refractivity contribution in [2.75, 3.05) is 33.4 Å². The summed E-state index contributed by atoms with van der Waals surface area (Å²) in [5, 5.41) is 11.3. The van der Waals surface area contributed by atoms with Crippen LogP contribution in [0.15, 0.2) is 16.8 Å². The Balaban J connectivity index is 1.74. The number of carbonyl (C=O) groups excluding carboxylic acids is 1. The third kappa shape index (κ3) is 3.82. The van der Waals surface area contributed by atoms with E-state index in [0.29, 0.717) is 24.4 Å². The fourth-order valence-electron chi connectivity index (χ4n) is 3.40. The molecule has 0 aliphatic carbocycles. The maximum Gasteiger partial charge on any atom is 0.257 e. The summed E-state index contributed by atoms with van der Waals surface area (Å²) in [4.78, 5) is 16.9. The van der Waals surface area contributed by atoms with Crippen LogP contribution in [0.25, 0.3) is 11.1 Å². The first-order valence-corrected chi connectivity index (χ1v) is 8.78. The molecule has 3 rings (SSSR count). The zero-order chi connectivity index (χ0) is 17.9. The Morgan fingerprint density at radius 2 is 2.20 bits per heavy atom. The summed E-state index contributed by atoms with van der Waals surface area (Å²) in [5.74, 6) is 0.0837. The summed E-state index contributed by atoms with van der Waals surface area (Å²) in [6, 6.07) is 1.81. The summed E-state index contributed by atoms with van der Waals surface area (Å²) in [7, 11) is 1.71. The number of fused-ring (bicyclic) bond motifs is 1. The van der Waals surface area contributed by atoms with Gasteiger partial charge in [-0.1, -0.05) is 19.0 Å². The average Bonchev–Trinajstić information content (AvgIpc) is 3.04. The molecule has 0 bridgehead atoms. The molecular weight excluding hydrogens is 320 g/mol. The fraction of sp³-hybridized carbons (Fsp3) is 0.611. The number of methoxy groups -OCH3 is 1. The van der Waals surface area contributed by atoms with Gasteiger partial charge in [0.2, 0.25) is 0 Å². The summed E-state index contributed by atoms with van der Waals surface area (Å²) in [5.41, 5.74) is 1.81. The minimum atomic E-state index is -0.126. The Hall–Kier alpha value is -1.99. The molecule has 0 saturated carbocycles. The van der Waals surface area contributed by atoms with Crippen LogP contribution >= 0.6 is 0 Å². The second-order valence-electron chi connectivity index (χ2n) is 7.16. The number of nitrogens with one attached hydrogen (secondary N) is 2. The Bertz CT molecular complexity index is 729. The normalized spacial score (nSPS) is 17.1. The number of hydrogen-bond acceptors (Lipinski definition) is 6. The first-order chi connectivity index (χ1) is 12.0. The van der Waals surface area contributed by atoms with E-state index in [1.54, 1.807) is 13.3 Å². The number of ether oxygens (including phenoxy) is 1. The smallest absolute Gasteiger partial charge is 0.257 e. The SMILES string of the molecule is COCC1(CNC(=O)c2cnc3onc(C(C)C)c3c2)CCNCC1. The molecule has 1 saturated heterocycles. The van der Waals surface area contributed by atoms with Crippen LogP contribution in [-0.2, 0) is 4.74 Å². The van der Waals surface area contributed by atoms with Crippen LogP contribution in [0.3, 0.4) is 0 Å². The number of aromatic nitrogens is 2. The van der Waals surface area contributed by atoms with Gasteiger partial charge in [0.15, 0.2) is 0 Å². The van der Waals surface area contributed by atoms with Crippen molar-refractivity contribution in [1.82, 2.24) is 20.8 Å².